The van der Waals surface area contributed by atoms with Gasteiger partial charge in [-0.2, -0.15) is 0 Å². The number of carbonyl (C=O) groups excluding carboxylic acids is 2. The topological polar surface area (TPSA) is 40.6 Å². The smallest absolute Gasteiger partial charge is 0.253 e. The van der Waals surface area contributed by atoms with Crippen LogP contribution in [0, 0.1) is 5.82 Å². The Kier molecular flexibility index (Phi) is 5.35. The second-order valence-corrected chi connectivity index (χ2v) is 6.52. The normalized spacial score (nSPS) is 14.4. The van der Waals surface area contributed by atoms with Gasteiger partial charge in [0, 0.05) is 31.7 Å². The molecule has 3 rings (SSSR count). The third-order valence-electron chi connectivity index (χ3n) is 4.86. The number of anilines is 1. The molecule has 4 nitrogen and oxygen atoms in total. The van der Waals surface area contributed by atoms with Crippen molar-refractivity contribution in [3.05, 3.63) is 65.0 Å². The summed E-state index contributed by atoms with van der Waals surface area (Å²) in [5.41, 5.74) is 2.62. The highest BCUT2D eigenvalue weighted by Gasteiger charge is 2.25. The average molecular weight is 354 g/mol. The van der Waals surface area contributed by atoms with Crippen LogP contribution in [0.2, 0.25) is 0 Å². The van der Waals surface area contributed by atoms with E-state index in [2.05, 4.69) is 6.92 Å². The highest BCUT2D eigenvalue weighted by molar-refractivity contribution is 6.00. The van der Waals surface area contributed by atoms with Crippen molar-refractivity contribution in [1.29, 1.82) is 0 Å². The van der Waals surface area contributed by atoms with Crippen LogP contribution in [0.3, 0.4) is 0 Å². The molecule has 1 aliphatic heterocycles. The summed E-state index contributed by atoms with van der Waals surface area (Å²) in [6, 6.07) is 12.4. The number of hydrogen-bond donors (Lipinski definition) is 0. The first-order valence-corrected chi connectivity index (χ1v) is 8.94. The Hall–Kier alpha value is -2.69. The van der Waals surface area contributed by atoms with Gasteiger partial charge in [-0.1, -0.05) is 25.1 Å². The van der Waals surface area contributed by atoms with Crippen LogP contribution in [0.4, 0.5) is 10.1 Å². The van der Waals surface area contributed by atoms with Gasteiger partial charge in [0.1, 0.15) is 5.82 Å². The fourth-order valence-corrected chi connectivity index (χ4v) is 3.34. The fourth-order valence-electron chi connectivity index (χ4n) is 3.34. The van der Waals surface area contributed by atoms with Gasteiger partial charge in [-0.25, -0.2) is 4.39 Å². The van der Waals surface area contributed by atoms with Crippen molar-refractivity contribution in [2.75, 3.05) is 31.1 Å². The molecule has 26 heavy (non-hydrogen) atoms. The summed E-state index contributed by atoms with van der Waals surface area (Å²) in [7, 11) is 0. The number of benzene rings is 2. The van der Waals surface area contributed by atoms with Crippen LogP contribution in [0.15, 0.2) is 42.5 Å². The van der Waals surface area contributed by atoms with Gasteiger partial charge in [-0.3, -0.25) is 9.59 Å². The Morgan fingerprint density at radius 3 is 2.23 bits per heavy atom. The van der Waals surface area contributed by atoms with Crippen molar-refractivity contribution in [3.63, 3.8) is 0 Å². The van der Waals surface area contributed by atoms with Gasteiger partial charge in [0.15, 0.2) is 5.78 Å². The Balaban J connectivity index is 1.70. The Morgan fingerprint density at radius 2 is 1.65 bits per heavy atom. The molecule has 0 aromatic heterocycles. The van der Waals surface area contributed by atoms with E-state index in [1.807, 2.05) is 34.1 Å². The summed E-state index contributed by atoms with van der Waals surface area (Å²) in [6.45, 7) is 5.69. The lowest BCUT2D eigenvalue weighted by molar-refractivity contribution is 0.0746. The maximum Gasteiger partial charge on any atom is 0.253 e. The molecule has 1 aliphatic rings. The molecule has 5 heteroatoms. The molecule has 0 atom stereocenters. The largest absolute Gasteiger partial charge is 0.367 e. The minimum Gasteiger partial charge on any atom is -0.367 e. The van der Waals surface area contributed by atoms with Crippen LogP contribution in [0.25, 0.3) is 0 Å². The molecule has 0 bridgehead atoms. The molecule has 2 aromatic rings. The zero-order valence-corrected chi connectivity index (χ0v) is 15.2. The molecule has 0 unspecified atom stereocenters. The minimum atomic E-state index is -0.496. The summed E-state index contributed by atoms with van der Waals surface area (Å²) in [4.78, 5) is 28.3. The van der Waals surface area contributed by atoms with Gasteiger partial charge in [0.05, 0.1) is 11.3 Å². The van der Waals surface area contributed by atoms with Crippen LogP contribution in [-0.2, 0) is 6.42 Å². The van der Waals surface area contributed by atoms with Gasteiger partial charge >= 0.3 is 0 Å². The highest BCUT2D eigenvalue weighted by Crippen LogP contribution is 2.25. The molecule has 1 fully saturated rings. The average Bonchev–Trinajstić information content (AvgIpc) is 2.67. The SMILES string of the molecule is CCc1ccc(C(=O)N2CCN(c3cccc(F)c3C(C)=O)CC2)cc1. The van der Waals surface area contributed by atoms with Crippen LogP contribution >= 0.6 is 0 Å². The molecule has 0 spiro atoms. The molecule has 1 saturated heterocycles. The van der Waals surface area contributed by atoms with Crippen molar-refractivity contribution < 1.29 is 14.0 Å². The van der Waals surface area contributed by atoms with Crippen LogP contribution in [-0.4, -0.2) is 42.8 Å². The maximum atomic E-state index is 14.0. The molecule has 0 saturated carbocycles. The molecular formula is C21H23FN2O2. The Bertz CT molecular complexity index is 809. The minimum absolute atomic E-state index is 0.0123. The number of amides is 1. The van der Waals surface area contributed by atoms with E-state index in [0.29, 0.717) is 37.4 Å². The third kappa shape index (κ3) is 3.62. The zero-order chi connectivity index (χ0) is 18.7. The van der Waals surface area contributed by atoms with E-state index in [9.17, 15) is 14.0 Å². The maximum absolute atomic E-state index is 14.0. The van der Waals surface area contributed by atoms with Gasteiger partial charge in [-0.15, -0.1) is 0 Å². The number of hydrogen-bond acceptors (Lipinski definition) is 3. The van der Waals surface area contributed by atoms with Crippen molar-refractivity contribution in [2.24, 2.45) is 0 Å². The summed E-state index contributed by atoms with van der Waals surface area (Å²) >= 11 is 0. The molecule has 1 amide bonds. The number of rotatable bonds is 4. The van der Waals surface area contributed by atoms with E-state index in [0.717, 1.165) is 6.42 Å². The highest BCUT2D eigenvalue weighted by atomic mass is 19.1. The first kappa shape index (κ1) is 18.1. The van der Waals surface area contributed by atoms with Gasteiger partial charge < -0.3 is 9.80 Å². The first-order chi connectivity index (χ1) is 12.5. The van der Waals surface area contributed by atoms with E-state index in [-0.39, 0.29) is 17.3 Å². The predicted octanol–water partition coefficient (Wildman–Crippen LogP) is 3.55. The summed E-state index contributed by atoms with van der Waals surface area (Å²) in [6.07, 6.45) is 0.944. The standard InChI is InChI=1S/C21H23FN2O2/c1-3-16-7-9-17(10-8-16)21(26)24-13-11-23(12-14-24)19-6-4-5-18(22)20(19)15(2)25/h4-10H,3,11-14H2,1-2H3. The Labute approximate surface area is 153 Å². The lowest BCUT2D eigenvalue weighted by Crippen LogP contribution is -2.49. The van der Waals surface area contributed by atoms with Gasteiger partial charge in [0.25, 0.3) is 5.91 Å². The number of piperazine rings is 1. The van der Waals surface area contributed by atoms with Crippen molar-refractivity contribution in [3.8, 4) is 0 Å². The molecule has 2 aromatic carbocycles. The number of carbonyl (C=O) groups is 2. The van der Waals surface area contributed by atoms with Crippen LogP contribution in [0.5, 0.6) is 0 Å². The van der Waals surface area contributed by atoms with E-state index < -0.39 is 5.82 Å². The first-order valence-electron chi connectivity index (χ1n) is 8.94. The second kappa shape index (κ2) is 7.68. The van der Waals surface area contributed by atoms with E-state index in [1.165, 1.54) is 18.6 Å². The predicted molar refractivity (Wildman–Crippen MR) is 100 cm³/mol. The van der Waals surface area contributed by atoms with E-state index in [4.69, 9.17) is 0 Å². The molecule has 0 radical (unpaired) electrons. The molecule has 1 heterocycles. The number of Topliss-reactive ketones (excluding diaryl/α,β-unsaturated/α-hetero) is 1. The summed E-state index contributed by atoms with van der Waals surface area (Å²) in [5.74, 6) is -0.768. The van der Waals surface area contributed by atoms with Crippen molar-refractivity contribution >= 4 is 17.4 Å². The lowest BCUT2D eigenvalue weighted by atomic mass is 10.1. The van der Waals surface area contributed by atoms with E-state index in [1.54, 1.807) is 12.1 Å². The molecule has 0 N–H and O–H groups in total. The zero-order valence-electron chi connectivity index (χ0n) is 15.2. The van der Waals surface area contributed by atoms with E-state index >= 15 is 0 Å². The second-order valence-electron chi connectivity index (χ2n) is 6.52. The lowest BCUT2D eigenvalue weighted by Gasteiger charge is -2.37. The number of aryl methyl sites for hydroxylation is 1. The summed E-state index contributed by atoms with van der Waals surface area (Å²) < 4.78 is 14.0. The van der Waals surface area contributed by atoms with Crippen molar-refractivity contribution in [2.45, 2.75) is 20.3 Å². The molecule has 136 valence electrons. The number of halogens is 1. The number of ketones is 1. The molecular weight excluding hydrogens is 331 g/mol. The van der Waals surface area contributed by atoms with Crippen molar-refractivity contribution in [1.82, 2.24) is 4.90 Å². The Morgan fingerprint density at radius 1 is 1.00 bits per heavy atom. The van der Waals surface area contributed by atoms with Gasteiger partial charge in [-0.05, 0) is 43.2 Å². The van der Waals surface area contributed by atoms with Crippen LogP contribution in [0.1, 0.15) is 40.1 Å². The van der Waals surface area contributed by atoms with Gasteiger partial charge in [0.2, 0.25) is 0 Å². The quantitative estimate of drug-likeness (QED) is 0.789. The number of nitrogens with zero attached hydrogens (tertiary/aromatic N) is 2. The fraction of sp³-hybridized carbons (Fsp3) is 0.333. The van der Waals surface area contributed by atoms with Crippen LogP contribution < -0.4 is 4.90 Å². The third-order valence-corrected chi connectivity index (χ3v) is 4.86. The monoisotopic (exact) mass is 354 g/mol. The summed E-state index contributed by atoms with van der Waals surface area (Å²) in [5, 5.41) is 0. The molecule has 0 aliphatic carbocycles.